The van der Waals surface area contributed by atoms with Crippen molar-refractivity contribution in [2.45, 2.75) is 39.5 Å². The van der Waals surface area contributed by atoms with E-state index in [0.717, 1.165) is 29.7 Å². The molecule has 0 atom stereocenters. The lowest BCUT2D eigenvalue weighted by atomic mass is 10.2. The van der Waals surface area contributed by atoms with E-state index in [-0.39, 0.29) is 0 Å². The molecule has 0 radical (unpaired) electrons. The molecule has 0 saturated carbocycles. The van der Waals surface area contributed by atoms with Crippen molar-refractivity contribution in [3.05, 3.63) is 22.5 Å². The van der Waals surface area contributed by atoms with Gasteiger partial charge >= 0.3 is 0 Å². The predicted molar refractivity (Wildman–Crippen MR) is 72.4 cm³/mol. The molecule has 0 amide bonds. The van der Waals surface area contributed by atoms with E-state index < -0.39 is 8.07 Å². The van der Waals surface area contributed by atoms with E-state index in [1.807, 2.05) is 19.9 Å². The van der Waals surface area contributed by atoms with Gasteiger partial charge in [0.05, 0.1) is 6.61 Å². The second-order valence-electron chi connectivity index (χ2n) is 5.34. The maximum Gasteiger partial charge on any atom is 0.135 e. The molecule has 0 N–H and O–H groups in total. The van der Waals surface area contributed by atoms with Gasteiger partial charge in [0, 0.05) is 25.4 Å². The molecule has 0 aliphatic heterocycles. The average molecular weight is 258 g/mol. The summed E-state index contributed by atoms with van der Waals surface area (Å²) in [6.45, 7) is 11.7. The van der Waals surface area contributed by atoms with Crippen LogP contribution >= 0.6 is 11.6 Å². The van der Waals surface area contributed by atoms with E-state index in [2.05, 4.69) is 24.6 Å². The molecule has 1 heterocycles. The van der Waals surface area contributed by atoms with Crippen molar-refractivity contribution in [1.82, 2.24) is 4.98 Å². The highest BCUT2D eigenvalue weighted by Crippen LogP contribution is 2.25. The normalized spacial score (nSPS) is 11.6. The third-order valence-electron chi connectivity index (χ3n) is 2.40. The Morgan fingerprint density at radius 2 is 1.94 bits per heavy atom. The summed E-state index contributed by atoms with van der Waals surface area (Å²) in [6, 6.07) is 3.11. The molecule has 0 unspecified atom stereocenters. The molecule has 1 aromatic rings. The number of ether oxygens (including phenoxy) is 1. The highest BCUT2D eigenvalue weighted by Gasteiger charge is 2.13. The summed E-state index contributed by atoms with van der Waals surface area (Å²) in [4.78, 5) is 4.18. The number of nitrogens with zero attached hydrogens (tertiary/aromatic N) is 1. The van der Waals surface area contributed by atoms with Crippen molar-refractivity contribution in [1.29, 1.82) is 0 Å². The van der Waals surface area contributed by atoms with Crippen molar-refractivity contribution < 1.29 is 4.74 Å². The predicted octanol–water partition coefficient (Wildman–Crippen LogP) is 4.07. The third kappa shape index (κ3) is 4.14. The van der Waals surface area contributed by atoms with Gasteiger partial charge in [-0.05, 0) is 19.9 Å². The van der Waals surface area contributed by atoms with Crippen LogP contribution in [0.15, 0.2) is 6.07 Å². The van der Waals surface area contributed by atoms with Gasteiger partial charge in [-0.25, -0.2) is 4.98 Å². The fraction of sp³-hybridized carbons (Fsp3) is 0.583. The summed E-state index contributed by atoms with van der Waals surface area (Å²) < 4.78 is 5.78. The minimum absolute atomic E-state index is 0.544. The third-order valence-corrected chi connectivity index (χ3v) is 4.48. The molecule has 1 rings (SSSR count). The molecule has 4 heteroatoms. The van der Waals surface area contributed by atoms with Gasteiger partial charge in [0.2, 0.25) is 0 Å². The number of pyridine rings is 1. The molecule has 0 aliphatic rings. The molecular formula is C12H20ClNOSi. The van der Waals surface area contributed by atoms with Crippen LogP contribution in [0.1, 0.15) is 11.3 Å². The number of halogens is 1. The summed E-state index contributed by atoms with van der Waals surface area (Å²) in [6.07, 6.45) is 0. The fourth-order valence-electron chi connectivity index (χ4n) is 1.29. The van der Waals surface area contributed by atoms with E-state index in [0.29, 0.717) is 5.15 Å². The topological polar surface area (TPSA) is 22.1 Å². The van der Waals surface area contributed by atoms with E-state index in [9.17, 15) is 0 Å². The Bertz CT molecular complexity index is 374. The summed E-state index contributed by atoms with van der Waals surface area (Å²) >= 11 is 6.01. The molecule has 90 valence electrons. The van der Waals surface area contributed by atoms with Gasteiger partial charge in [-0.2, -0.15) is 0 Å². The van der Waals surface area contributed by atoms with Crippen molar-refractivity contribution in [3.8, 4) is 5.75 Å². The molecule has 0 aliphatic carbocycles. The van der Waals surface area contributed by atoms with Crippen LogP contribution in [0.4, 0.5) is 0 Å². The summed E-state index contributed by atoms with van der Waals surface area (Å²) in [5.74, 6) is 0.871. The molecular weight excluding hydrogens is 238 g/mol. The number of hydrogen-bond acceptors (Lipinski definition) is 2. The average Bonchev–Trinajstić information content (AvgIpc) is 2.11. The first kappa shape index (κ1) is 13.5. The van der Waals surface area contributed by atoms with E-state index in [4.69, 9.17) is 16.3 Å². The zero-order valence-electron chi connectivity index (χ0n) is 10.7. The molecule has 0 spiro atoms. The van der Waals surface area contributed by atoms with Crippen molar-refractivity contribution in [2.75, 3.05) is 6.61 Å². The summed E-state index contributed by atoms with van der Waals surface area (Å²) in [7, 11) is -1.03. The van der Waals surface area contributed by atoms with Crippen molar-refractivity contribution in [3.63, 3.8) is 0 Å². The molecule has 16 heavy (non-hydrogen) atoms. The van der Waals surface area contributed by atoms with E-state index >= 15 is 0 Å². The zero-order valence-corrected chi connectivity index (χ0v) is 12.5. The van der Waals surface area contributed by atoms with Gasteiger partial charge in [-0.3, -0.25) is 0 Å². The quantitative estimate of drug-likeness (QED) is 0.599. The van der Waals surface area contributed by atoms with Crippen LogP contribution in [0.25, 0.3) is 0 Å². The monoisotopic (exact) mass is 257 g/mol. The van der Waals surface area contributed by atoms with Crippen LogP contribution < -0.4 is 4.74 Å². The van der Waals surface area contributed by atoms with Gasteiger partial charge in [-0.1, -0.05) is 31.2 Å². The lowest BCUT2D eigenvalue weighted by Crippen LogP contribution is -2.22. The van der Waals surface area contributed by atoms with E-state index in [1.165, 1.54) is 0 Å². The number of rotatable bonds is 4. The second kappa shape index (κ2) is 5.19. The van der Waals surface area contributed by atoms with Crippen molar-refractivity contribution in [2.24, 2.45) is 0 Å². The minimum atomic E-state index is -1.03. The van der Waals surface area contributed by atoms with Gasteiger partial charge < -0.3 is 4.74 Å². The lowest BCUT2D eigenvalue weighted by molar-refractivity contribution is 0.335. The fourth-order valence-corrected chi connectivity index (χ4v) is 2.23. The molecule has 0 saturated heterocycles. The maximum atomic E-state index is 6.01. The Balaban J connectivity index is 2.67. The summed E-state index contributed by atoms with van der Waals surface area (Å²) in [5.41, 5.74) is 1.83. The van der Waals surface area contributed by atoms with Crippen LogP contribution in [0.3, 0.4) is 0 Å². The smallest absolute Gasteiger partial charge is 0.135 e. The Hall–Kier alpha value is -0.543. The van der Waals surface area contributed by atoms with Gasteiger partial charge in [0.15, 0.2) is 0 Å². The largest absolute Gasteiger partial charge is 0.493 e. The van der Waals surface area contributed by atoms with Gasteiger partial charge in [-0.15, -0.1) is 0 Å². The number of hydrogen-bond donors (Lipinski definition) is 0. The number of aromatic nitrogens is 1. The zero-order chi connectivity index (χ0) is 12.3. The van der Waals surface area contributed by atoms with Crippen LogP contribution in [0.2, 0.25) is 30.8 Å². The Kier molecular flexibility index (Phi) is 4.39. The van der Waals surface area contributed by atoms with Crippen LogP contribution in [0, 0.1) is 13.8 Å². The summed E-state index contributed by atoms with van der Waals surface area (Å²) in [5, 5.41) is 0.544. The number of aryl methyl sites for hydroxylation is 1. The van der Waals surface area contributed by atoms with Crippen LogP contribution in [0.5, 0.6) is 5.75 Å². The highest BCUT2D eigenvalue weighted by molar-refractivity contribution is 6.76. The Morgan fingerprint density at radius 3 is 2.50 bits per heavy atom. The highest BCUT2D eigenvalue weighted by atomic mass is 35.5. The lowest BCUT2D eigenvalue weighted by Gasteiger charge is -2.17. The standard InChI is InChI=1S/C12H20ClNOSi/c1-9-8-11(10(2)12(13)14-9)15-6-7-16(3,4)5/h8H,6-7H2,1-5H3. The molecule has 1 aromatic heterocycles. The van der Waals surface area contributed by atoms with Crippen LogP contribution in [-0.2, 0) is 0 Å². The van der Waals surface area contributed by atoms with Gasteiger partial charge in [0.25, 0.3) is 0 Å². The Labute approximate surface area is 104 Å². The molecule has 0 bridgehead atoms. The Morgan fingerprint density at radius 1 is 1.31 bits per heavy atom. The van der Waals surface area contributed by atoms with Crippen LogP contribution in [-0.4, -0.2) is 19.7 Å². The maximum absolute atomic E-state index is 6.01. The van der Waals surface area contributed by atoms with E-state index in [1.54, 1.807) is 0 Å². The molecule has 0 fully saturated rings. The van der Waals surface area contributed by atoms with Gasteiger partial charge in [0.1, 0.15) is 10.9 Å². The first-order valence-corrected chi connectivity index (χ1v) is 9.64. The van der Waals surface area contributed by atoms with Crippen molar-refractivity contribution >= 4 is 19.7 Å². The minimum Gasteiger partial charge on any atom is -0.493 e. The molecule has 2 nitrogen and oxygen atoms in total. The SMILES string of the molecule is Cc1cc(OCC[Si](C)(C)C)c(C)c(Cl)n1. The second-order valence-corrected chi connectivity index (χ2v) is 11.3. The first-order chi connectivity index (χ1) is 7.29. The first-order valence-electron chi connectivity index (χ1n) is 5.56. The molecule has 0 aromatic carbocycles.